The third-order valence-electron chi connectivity index (χ3n) is 9.28. The molecule has 0 spiro atoms. The van der Waals surface area contributed by atoms with Crippen molar-refractivity contribution < 1.29 is 4.42 Å². The number of fused-ring (bicyclic) bond motifs is 9. The molecule has 2 aromatic heterocycles. The van der Waals surface area contributed by atoms with Gasteiger partial charge < -0.3 is 4.42 Å². The minimum absolute atomic E-state index is 0.609. The Morgan fingerprint density at radius 2 is 0.957 bits per heavy atom. The van der Waals surface area contributed by atoms with Crippen molar-refractivity contribution in [1.29, 1.82) is 0 Å². The van der Waals surface area contributed by atoms with Crippen LogP contribution in [0.1, 0.15) is 0 Å². The molecule has 0 radical (unpaired) electrons. The monoisotopic (exact) mass is 599 g/mol. The number of benzene rings is 8. The van der Waals surface area contributed by atoms with Crippen molar-refractivity contribution in [3.05, 3.63) is 152 Å². The van der Waals surface area contributed by atoms with Crippen molar-refractivity contribution in [2.75, 3.05) is 0 Å². The van der Waals surface area contributed by atoms with Crippen LogP contribution < -0.4 is 0 Å². The van der Waals surface area contributed by atoms with Crippen molar-refractivity contribution in [2.45, 2.75) is 0 Å². The molecule has 10 rings (SSSR count). The van der Waals surface area contributed by atoms with Crippen LogP contribution in [0, 0.1) is 0 Å². The topological polar surface area (TPSA) is 51.8 Å². The number of hydrogen-bond acceptors (Lipinski definition) is 4. The molecule has 0 amide bonds. The summed E-state index contributed by atoms with van der Waals surface area (Å²) in [5, 5.41) is 11.4. The number of aromatic nitrogens is 3. The van der Waals surface area contributed by atoms with E-state index < -0.39 is 0 Å². The fourth-order valence-corrected chi connectivity index (χ4v) is 7.09. The summed E-state index contributed by atoms with van der Waals surface area (Å²) in [7, 11) is 0. The largest absolute Gasteiger partial charge is 0.456 e. The van der Waals surface area contributed by atoms with E-state index in [0.717, 1.165) is 54.8 Å². The van der Waals surface area contributed by atoms with E-state index in [2.05, 4.69) is 121 Å². The van der Waals surface area contributed by atoms with Gasteiger partial charge in [-0.05, 0) is 67.4 Å². The third kappa shape index (κ3) is 4.05. The molecule has 4 heteroatoms. The fraction of sp³-hybridized carbons (Fsp3) is 0. The number of para-hydroxylation sites is 1. The molecule has 0 aliphatic rings. The minimum atomic E-state index is 0.609. The maximum Gasteiger partial charge on any atom is 0.164 e. The first-order valence-corrected chi connectivity index (χ1v) is 15.8. The van der Waals surface area contributed by atoms with Crippen LogP contribution in [-0.4, -0.2) is 15.0 Å². The van der Waals surface area contributed by atoms with Gasteiger partial charge in [-0.15, -0.1) is 0 Å². The quantitative estimate of drug-likeness (QED) is 0.190. The Bertz CT molecular complexity index is 2850. The highest BCUT2D eigenvalue weighted by atomic mass is 16.3. The first-order chi connectivity index (χ1) is 23.3. The second kappa shape index (κ2) is 10.1. The van der Waals surface area contributed by atoms with E-state index in [-0.39, 0.29) is 0 Å². The first-order valence-electron chi connectivity index (χ1n) is 15.8. The second-order valence-corrected chi connectivity index (χ2v) is 12.0. The average Bonchev–Trinajstić information content (AvgIpc) is 3.53. The van der Waals surface area contributed by atoms with Crippen LogP contribution in [-0.2, 0) is 0 Å². The molecule has 8 aromatic carbocycles. The highest BCUT2D eigenvalue weighted by molar-refractivity contribution is 6.23. The zero-order chi connectivity index (χ0) is 30.9. The Morgan fingerprint density at radius 1 is 0.340 bits per heavy atom. The van der Waals surface area contributed by atoms with E-state index in [1.807, 2.05) is 30.3 Å². The summed E-state index contributed by atoms with van der Waals surface area (Å²) in [5.41, 5.74) is 4.47. The molecule has 0 unspecified atom stereocenters. The summed E-state index contributed by atoms with van der Waals surface area (Å²) in [6.45, 7) is 0. The predicted octanol–water partition coefficient (Wildman–Crippen LogP) is 11.4. The van der Waals surface area contributed by atoms with Crippen LogP contribution in [0.2, 0.25) is 0 Å². The molecule has 0 aliphatic carbocycles. The van der Waals surface area contributed by atoms with Crippen molar-refractivity contribution in [1.82, 2.24) is 15.0 Å². The van der Waals surface area contributed by atoms with Gasteiger partial charge in [-0.2, -0.15) is 0 Å². The molecule has 0 atom stereocenters. The molecule has 0 aliphatic heterocycles. The molecule has 0 bridgehead atoms. The zero-order valence-electron chi connectivity index (χ0n) is 25.2. The Morgan fingerprint density at radius 3 is 1.81 bits per heavy atom. The van der Waals surface area contributed by atoms with Gasteiger partial charge in [0.1, 0.15) is 11.2 Å². The number of nitrogens with zero attached hydrogens (tertiary/aromatic N) is 3. The fourth-order valence-electron chi connectivity index (χ4n) is 7.09. The van der Waals surface area contributed by atoms with Crippen LogP contribution in [0.25, 0.3) is 99.2 Å². The van der Waals surface area contributed by atoms with Crippen LogP contribution >= 0.6 is 0 Å². The van der Waals surface area contributed by atoms with Crippen LogP contribution in [0.4, 0.5) is 0 Å². The molecule has 2 heterocycles. The third-order valence-corrected chi connectivity index (χ3v) is 9.28. The first kappa shape index (κ1) is 25.9. The highest BCUT2D eigenvalue weighted by Gasteiger charge is 2.20. The van der Waals surface area contributed by atoms with Gasteiger partial charge in [0.05, 0.1) is 0 Å². The zero-order valence-corrected chi connectivity index (χ0v) is 25.2. The summed E-state index contributed by atoms with van der Waals surface area (Å²) in [6.07, 6.45) is 0. The standard InChI is InChI=1S/C43H25N3O/c1-2-12-28-24-30(21-20-26(28)10-1)41-44-42(35-17-9-19-38-40(35)34-16-7-8-18-37(34)47-38)46-43(45-41)36-25-29-13-4-6-15-32(29)39-31-14-5-3-11-27(31)22-23-33(36)39/h1-25H. The molecule has 0 N–H and O–H groups in total. The number of furan rings is 1. The summed E-state index contributed by atoms with van der Waals surface area (Å²) in [5.74, 6) is 1.87. The molecule has 0 fully saturated rings. The van der Waals surface area contributed by atoms with E-state index >= 15 is 0 Å². The van der Waals surface area contributed by atoms with Gasteiger partial charge in [0.25, 0.3) is 0 Å². The predicted molar refractivity (Wildman–Crippen MR) is 193 cm³/mol. The van der Waals surface area contributed by atoms with Crippen molar-refractivity contribution in [2.24, 2.45) is 0 Å². The van der Waals surface area contributed by atoms with Gasteiger partial charge >= 0.3 is 0 Å². The van der Waals surface area contributed by atoms with E-state index in [0.29, 0.717) is 17.5 Å². The van der Waals surface area contributed by atoms with Gasteiger partial charge in [0.2, 0.25) is 0 Å². The van der Waals surface area contributed by atoms with Crippen molar-refractivity contribution >= 4 is 65.0 Å². The summed E-state index contributed by atoms with van der Waals surface area (Å²) in [6, 6.07) is 52.8. The molecular weight excluding hydrogens is 574 g/mol. The Kier molecular flexibility index (Phi) is 5.54. The average molecular weight is 600 g/mol. The van der Waals surface area contributed by atoms with E-state index in [9.17, 15) is 0 Å². The van der Waals surface area contributed by atoms with Crippen LogP contribution in [0.15, 0.2) is 156 Å². The summed E-state index contributed by atoms with van der Waals surface area (Å²) < 4.78 is 6.27. The lowest BCUT2D eigenvalue weighted by molar-refractivity contribution is 0.669. The van der Waals surface area contributed by atoms with Gasteiger partial charge in [-0.25, -0.2) is 15.0 Å². The maximum atomic E-state index is 6.27. The Labute approximate surface area is 269 Å². The van der Waals surface area contributed by atoms with Crippen LogP contribution in [0.3, 0.4) is 0 Å². The SMILES string of the molecule is c1ccc2cc(-c3nc(-c4cc5ccccc5c5c4ccc4ccccc45)nc(-c4cccc5oc6ccccc6c45)n3)ccc2c1. The smallest absolute Gasteiger partial charge is 0.164 e. The van der Waals surface area contributed by atoms with Crippen molar-refractivity contribution in [3.8, 4) is 34.2 Å². The maximum absolute atomic E-state index is 6.27. The molecule has 47 heavy (non-hydrogen) atoms. The summed E-state index contributed by atoms with van der Waals surface area (Å²) in [4.78, 5) is 15.7. The van der Waals surface area contributed by atoms with Gasteiger partial charge in [-0.3, -0.25) is 0 Å². The molecule has 4 nitrogen and oxygen atoms in total. The van der Waals surface area contributed by atoms with Gasteiger partial charge in [0, 0.05) is 27.5 Å². The second-order valence-electron chi connectivity index (χ2n) is 12.0. The van der Waals surface area contributed by atoms with Crippen LogP contribution in [0.5, 0.6) is 0 Å². The number of hydrogen-bond donors (Lipinski definition) is 0. The van der Waals surface area contributed by atoms with Gasteiger partial charge in [-0.1, -0.05) is 127 Å². The number of rotatable bonds is 3. The van der Waals surface area contributed by atoms with E-state index in [1.54, 1.807) is 0 Å². The molecule has 10 aromatic rings. The molecule has 0 saturated heterocycles. The molecule has 218 valence electrons. The summed E-state index contributed by atoms with van der Waals surface area (Å²) >= 11 is 0. The van der Waals surface area contributed by atoms with E-state index in [1.165, 1.54) is 26.9 Å². The molecule has 0 saturated carbocycles. The minimum Gasteiger partial charge on any atom is -0.456 e. The molecular formula is C43H25N3O. The lowest BCUT2D eigenvalue weighted by atomic mass is 9.92. The van der Waals surface area contributed by atoms with Crippen molar-refractivity contribution in [3.63, 3.8) is 0 Å². The lowest BCUT2D eigenvalue weighted by Gasteiger charge is -2.14. The lowest BCUT2D eigenvalue weighted by Crippen LogP contribution is -2.01. The highest BCUT2D eigenvalue weighted by Crippen LogP contribution is 2.40. The van der Waals surface area contributed by atoms with Gasteiger partial charge in [0.15, 0.2) is 17.5 Å². The Hall–Kier alpha value is -6.39. The normalized spacial score (nSPS) is 11.8. The Balaban J connectivity index is 1.31. The van der Waals surface area contributed by atoms with E-state index in [4.69, 9.17) is 19.4 Å².